The van der Waals surface area contributed by atoms with Crippen LogP contribution in [0.3, 0.4) is 0 Å². The van der Waals surface area contributed by atoms with E-state index in [1.165, 1.54) is 114 Å². The molecule has 0 heterocycles. The molecule has 4 fully saturated rings. The van der Waals surface area contributed by atoms with Gasteiger partial charge in [-0.25, -0.2) is 0 Å². The van der Waals surface area contributed by atoms with E-state index in [0.29, 0.717) is 16.2 Å². The number of hydrogen-bond donors (Lipinski definition) is 0. The van der Waals surface area contributed by atoms with Gasteiger partial charge in [0.2, 0.25) is 0 Å². The summed E-state index contributed by atoms with van der Waals surface area (Å²) in [6.07, 6.45) is 26.7. The maximum absolute atomic E-state index is 3.79. The summed E-state index contributed by atoms with van der Waals surface area (Å²) < 4.78 is 0. The van der Waals surface area contributed by atoms with Gasteiger partial charge in [-0.1, -0.05) is 159 Å². The minimum absolute atomic E-state index is 0.499. The minimum atomic E-state index is 0.499. The van der Waals surface area contributed by atoms with Crippen LogP contribution in [0.5, 0.6) is 0 Å². The van der Waals surface area contributed by atoms with E-state index >= 15 is 0 Å². The lowest BCUT2D eigenvalue weighted by Gasteiger charge is -2.58. The molecule has 10 atom stereocenters. The van der Waals surface area contributed by atoms with Crippen LogP contribution in [0.1, 0.15) is 227 Å². The predicted octanol–water partition coefficient (Wildman–Crippen LogP) is 17.9. The minimum Gasteiger partial charge on any atom is -0.100 e. The Balaban J connectivity index is 0.000000926. The van der Waals surface area contributed by atoms with Gasteiger partial charge in [0.15, 0.2) is 0 Å². The highest BCUT2D eigenvalue weighted by molar-refractivity contribution is 5.25. The van der Waals surface area contributed by atoms with Crippen LogP contribution in [-0.4, -0.2) is 0 Å². The Morgan fingerprint density at radius 1 is 0.804 bits per heavy atom. The molecular weight excluding hydrogens is 613 g/mol. The smallest absolute Gasteiger partial charge is 0.00851 e. The highest BCUT2D eigenvalue weighted by atomic mass is 14.6. The van der Waals surface area contributed by atoms with Gasteiger partial charge in [-0.15, -0.1) is 13.2 Å². The zero-order valence-corrected chi connectivity index (χ0v) is 38.6. The lowest BCUT2D eigenvalue weighted by atomic mass is 9.46. The summed E-state index contributed by atoms with van der Waals surface area (Å²) >= 11 is 0. The summed E-state index contributed by atoms with van der Waals surface area (Å²) in [7, 11) is 0. The van der Waals surface area contributed by atoms with Crippen molar-refractivity contribution < 1.29 is 0 Å². The Kier molecular flexibility index (Phi) is 24.2. The van der Waals surface area contributed by atoms with Gasteiger partial charge in [0.1, 0.15) is 0 Å². The second kappa shape index (κ2) is 24.6. The molecule has 0 aromatic heterocycles. The topological polar surface area (TPSA) is 0 Å². The van der Waals surface area contributed by atoms with Crippen molar-refractivity contribution in [3.8, 4) is 0 Å². The van der Waals surface area contributed by atoms with Crippen molar-refractivity contribution in [2.24, 2.45) is 63.6 Å². The van der Waals surface area contributed by atoms with Crippen LogP contribution in [0, 0.1) is 63.6 Å². The van der Waals surface area contributed by atoms with Crippen LogP contribution < -0.4 is 0 Å². The van der Waals surface area contributed by atoms with Crippen molar-refractivity contribution in [2.75, 3.05) is 0 Å². The first-order valence-corrected chi connectivity index (χ1v) is 22.9. The molecule has 0 bridgehead atoms. The molecule has 51 heavy (non-hydrogen) atoms. The highest BCUT2D eigenvalue weighted by Gasteiger charge is 2.58. The Bertz CT molecular complexity index is 964. The number of fused-ring (bicyclic) bond motifs is 5. The van der Waals surface area contributed by atoms with Gasteiger partial charge in [0, 0.05) is 0 Å². The molecule has 0 radical (unpaired) electrons. The van der Waals surface area contributed by atoms with Gasteiger partial charge in [-0.2, -0.15) is 0 Å². The van der Waals surface area contributed by atoms with Gasteiger partial charge < -0.3 is 0 Å². The van der Waals surface area contributed by atoms with Gasteiger partial charge in [0.25, 0.3) is 0 Å². The monoisotopic (exact) mass is 711 g/mol. The standard InChI is InChI=1S/C29H50.C7H14.C6H12.C5H10.2C2H6/c1-20-14-17-28(6)22(19-20)10-11-23-25-13-12-24(29(25,7)18-15-26(23)28)21(2)9-8-16-27(3,4)5;1-4-5-6-7(2)3;1-5-3-4-6(5)2;1-4-5(2)3;2*1-2/h10,20-21,23-26H,8-9,11-19H2,1-7H3;2,4-6H2,1,3H3;5-6H,3-4H2,1-2H3;2,4H2,1,3H3;2*1-2H3/t20?,21?,23-,24?,25?,26?,28?,29?;;;;;/m0...../s1. The first kappa shape index (κ1) is 50.2. The molecule has 0 saturated heterocycles. The molecule has 4 saturated carbocycles. The maximum Gasteiger partial charge on any atom is -0.00851 e. The fourth-order valence-corrected chi connectivity index (χ4v) is 10.3. The Morgan fingerprint density at radius 2 is 1.37 bits per heavy atom. The van der Waals surface area contributed by atoms with Gasteiger partial charge >= 0.3 is 0 Å². The molecule has 0 heteroatoms. The predicted molar refractivity (Wildman–Crippen MR) is 237 cm³/mol. The van der Waals surface area contributed by atoms with Crippen LogP contribution >= 0.6 is 0 Å². The van der Waals surface area contributed by atoms with Crippen LogP contribution in [0.4, 0.5) is 0 Å². The summed E-state index contributed by atoms with van der Waals surface area (Å²) in [6.45, 7) is 46.2. The van der Waals surface area contributed by atoms with E-state index in [-0.39, 0.29) is 0 Å². The fraction of sp³-hybridized carbons (Fsp3) is 0.882. The van der Waals surface area contributed by atoms with Crippen LogP contribution in [-0.2, 0) is 0 Å². The van der Waals surface area contributed by atoms with Crippen molar-refractivity contribution in [1.29, 1.82) is 0 Å². The second-order valence-corrected chi connectivity index (χ2v) is 19.7. The third-order valence-electron chi connectivity index (χ3n) is 14.3. The van der Waals surface area contributed by atoms with E-state index < -0.39 is 0 Å². The average Bonchev–Trinajstić information content (AvgIpc) is 3.46. The van der Waals surface area contributed by atoms with Crippen molar-refractivity contribution >= 4 is 0 Å². The van der Waals surface area contributed by atoms with Gasteiger partial charge in [-0.3, -0.25) is 0 Å². The van der Waals surface area contributed by atoms with E-state index in [1.807, 2.05) is 40.2 Å². The average molecular weight is 711 g/mol. The number of allylic oxidation sites excluding steroid dienone is 4. The molecule has 302 valence electrons. The molecule has 0 aromatic carbocycles. The molecule has 0 aliphatic heterocycles. The van der Waals surface area contributed by atoms with Crippen LogP contribution in [0.15, 0.2) is 36.0 Å². The van der Waals surface area contributed by atoms with E-state index in [9.17, 15) is 0 Å². The Hall–Kier alpha value is -0.780. The summed E-state index contributed by atoms with van der Waals surface area (Å²) in [5.41, 5.74) is 6.11. The highest BCUT2D eigenvalue weighted by Crippen LogP contribution is 2.67. The maximum atomic E-state index is 3.79. The van der Waals surface area contributed by atoms with Crippen molar-refractivity contribution in [3.05, 3.63) is 36.0 Å². The SMILES string of the molecule is C=C(C)CC.C=C(C)CCCC.CC.CC.CC1CCC1C.CC1CCC2(C)C(=CC[C@@H]3C2CCC2(C)C(C(C)CCCC(C)(C)C)CCC32)C1. The molecule has 0 aromatic rings. The van der Waals surface area contributed by atoms with Crippen LogP contribution in [0.2, 0.25) is 0 Å². The number of unbranched alkanes of at least 4 members (excludes halogenated alkanes) is 1. The molecular formula is C51H98. The van der Waals surface area contributed by atoms with E-state index in [4.69, 9.17) is 0 Å². The first-order chi connectivity index (χ1) is 23.9. The lowest BCUT2D eigenvalue weighted by molar-refractivity contribution is -0.0523. The molecule has 0 nitrogen and oxygen atoms in total. The summed E-state index contributed by atoms with van der Waals surface area (Å²) in [5.74, 6) is 7.87. The number of hydrogen-bond acceptors (Lipinski definition) is 0. The number of rotatable bonds is 8. The zero-order chi connectivity index (χ0) is 39.6. The first-order valence-electron chi connectivity index (χ1n) is 22.9. The fourth-order valence-electron chi connectivity index (χ4n) is 10.3. The molecule has 0 spiro atoms. The Labute approximate surface area is 325 Å². The molecule has 0 N–H and O–H groups in total. The van der Waals surface area contributed by atoms with Crippen LogP contribution in [0.25, 0.3) is 0 Å². The summed E-state index contributed by atoms with van der Waals surface area (Å²) in [6, 6.07) is 0. The van der Waals surface area contributed by atoms with E-state index in [0.717, 1.165) is 53.8 Å². The van der Waals surface area contributed by atoms with Crippen molar-refractivity contribution in [1.82, 2.24) is 0 Å². The lowest BCUT2D eigenvalue weighted by Crippen LogP contribution is -2.50. The molecule has 9 unspecified atom stereocenters. The second-order valence-electron chi connectivity index (χ2n) is 19.7. The zero-order valence-electron chi connectivity index (χ0n) is 38.6. The molecule has 5 rings (SSSR count). The normalized spacial score (nSPS) is 33.5. The molecule has 5 aliphatic rings. The van der Waals surface area contributed by atoms with E-state index in [2.05, 4.69) is 102 Å². The van der Waals surface area contributed by atoms with Gasteiger partial charge in [-0.05, 0) is 154 Å². The summed E-state index contributed by atoms with van der Waals surface area (Å²) in [5, 5.41) is 0. The quantitative estimate of drug-likeness (QED) is 0.220. The van der Waals surface area contributed by atoms with Gasteiger partial charge in [0.05, 0.1) is 0 Å². The third-order valence-corrected chi connectivity index (χ3v) is 14.3. The summed E-state index contributed by atoms with van der Waals surface area (Å²) in [4.78, 5) is 0. The third kappa shape index (κ3) is 15.8. The largest absolute Gasteiger partial charge is 0.100 e. The molecule has 5 aliphatic carbocycles. The van der Waals surface area contributed by atoms with Crippen molar-refractivity contribution in [2.45, 2.75) is 227 Å². The Morgan fingerprint density at radius 3 is 1.80 bits per heavy atom. The van der Waals surface area contributed by atoms with Crippen molar-refractivity contribution in [3.63, 3.8) is 0 Å². The van der Waals surface area contributed by atoms with E-state index in [1.54, 1.807) is 0 Å². The molecule has 0 amide bonds.